The van der Waals surface area contributed by atoms with Gasteiger partial charge < -0.3 is 10.2 Å². The largest absolute Gasteiger partial charge is 0.381 e. The Kier molecular flexibility index (Phi) is 8.85. The molecule has 2 nitrogen and oxygen atoms in total. The molecule has 0 heterocycles. The van der Waals surface area contributed by atoms with Crippen molar-refractivity contribution in [2.24, 2.45) is 0 Å². The molecule has 0 saturated heterocycles. The summed E-state index contributed by atoms with van der Waals surface area (Å²) in [4.78, 5) is 2.44. The van der Waals surface area contributed by atoms with Crippen LogP contribution in [-0.4, -0.2) is 6.54 Å². The zero-order chi connectivity index (χ0) is 29.4. The lowest BCUT2D eigenvalue weighted by atomic mass is 9.81. The van der Waals surface area contributed by atoms with Crippen LogP contribution in [0.2, 0.25) is 0 Å². The number of hydrogen-bond donors (Lipinski definition) is 1. The summed E-state index contributed by atoms with van der Waals surface area (Å²) >= 11 is 0. The first kappa shape index (κ1) is 28.3. The molecule has 1 aliphatic rings. The Bertz CT molecular complexity index is 1660. The molecule has 0 amide bonds. The van der Waals surface area contributed by atoms with E-state index in [-0.39, 0.29) is 0 Å². The number of nitrogens with zero attached hydrogens (tertiary/aromatic N) is 1. The monoisotopic (exact) mass is 560 g/mol. The van der Waals surface area contributed by atoms with Gasteiger partial charge in [-0.2, -0.15) is 0 Å². The lowest BCUT2D eigenvalue weighted by molar-refractivity contribution is 0.828. The van der Waals surface area contributed by atoms with E-state index in [1.54, 1.807) is 0 Å². The lowest BCUT2D eigenvalue weighted by Gasteiger charge is -2.26. The van der Waals surface area contributed by atoms with Gasteiger partial charge in [0.05, 0.1) is 0 Å². The highest BCUT2D eigenvalue weighted by molar-refractivity contribution is 5.87. The summed E-state index contributed by atoms with van der Waals surface area (Å²) in [5.74, 6) is 0.311. The molecule has 1 unspecified atom stereocenters. The van der Waals surface area contributed by atoms with Gasteiger partial charge in [-0.15, -0.1) is 0 Å². The Morgan fingerprint density at radius 2 is 1.30 bits per heavy atom. The average molecular weight is 561 g/mol. The van der Waals surface area contributed by atoms with Crippen molar-refractivity contribution in [3.63, 3.8) is 0 Å². The Morgan fingerprint density at radius 1 is 0.674 bits per heavy atom. The predicted molar refractivity (Wildman–Crippen MR) is 184 cm³/mol. The minimum atomic E-state index is 0.311. The van der Waals surface area contributed by atoms with E-state index < -0.39 is 0 Å². The highest BCUT2D eigenvalue weighted by atomic mass is 15.1. The third-order valence-corrected chi connectivity index (χ3v) is 8.41. The van der Waals surface area contributed by atoms with Gasteiger partial charge in [0, 0.05) is 36.9 Å². The molecule has 0 aromatic heterocycles. The van der Waals surface area contributed by atoms with Gasteiger partial charge >= 0.3 is 0 Å². The van der Waals surface area contributed by atoms with Crippen LogP contribution in [-0.2, 0) is 13.1 Å². The number of nitrogens with one attached hydrogen (secondary N) is 1. The fraction of sp³-hybridized carbons (Fsp3) is 0.171. The molecule has 5 aromatic rings. The maximum atomic E-state index is 3.56. The van der Waals surface area contributed by atoms with Crippen LogP contribution in [0, 0.1) is 6.92 Å². The number of allylic oxidation sites excluding steroid dienone is 4. The van der Waals surface area contributed by atoms with Crippen molar-refractivity contribution in [1.82, 2.24) is 0 Å². The van der Waals surface area contributed by atoms with Gasteiger partial charge in [0.15, 0.2) is 0 Å². The van der Waals surface area contributed by atoms with Gasteiger partial charge in [0.1, 0.15) is 0 Å². The SMILES string of the molecule is CCN(Cc1ccccc1)c1ccc(C2C=C(c3ccc(NCc4ccccc4)cc3)C=C(c3ccc(C)cc3)C2)cc1. The van der Waals surface area contributed by atoms with Crippen LogP contribution in [0.3, 0.4) is 0 Å². The second-order valence-electron chi connectivity index (χ2n) is 11.5. The van der Waals surface area contributed by atoms with Crippen molar-refractivity contribution in [3.05, 3.63) is 179 Å². The molecular weight excluding hydrogens is 520 g/mol. The topological polar surface area (TPSA) is 15.3 Å². The maximum absolute atomic E-state index is 3.56. The van der Waals surface area contributed by atoms with Gasteiger partial charge in [-0.1, -0.05) is 127 Å². The van der Waals surface area contributed by atoms with Crippen LogP contribution < -0.4 is 10.2 Å². The first-order valence-corrected chi connectivity index (χ1v) is 15.4. The molecule has 0 aliphatic heterocycles. The van der Waals surface area contributed by atoms with Gasteiger partial charge in [0.2, 0.25) is 0 Å². The Balaban J connectivity index is 1.25. The number of hydrogen-bond acceptors (Lipinski definition) is 2. The van der Waals surface area contributed by atoms with Crippen molar-refractivity contribution in [2.45, 2.75) is 39.3 Å². The van der Waals surface area contributed by atoms with Crippen LogP contribution in [0.5, 0.6) is 0 Å². The van der Waals surface area contributed by atoms with E-state index in [1.807, 2.05) is 0 Å². The third kappa shape index (κ3) is 7.16. The quantitative estimate of drug-likeness (QED) is 0.183. The van der Waals surface area contributed by atoms with E-state index in [2.05, 4.69) is 170 Å². The van der Waals surface area contributed by atoms with Crippen molar-refractivity contribution in [3.8, 4) is 0 Å². The summed E-state index contributed by atoms with van der Waals surface area (Å²) in [6.45, 7) is 7.09. The summed E-state index contributed by atoms with van der Waals surface area (Å²) < 4.78 is 0. The molecule has 214 valence electrons. The minimum absolute atomic E-state index is 0.311. The molecule has 6 rings (SSSR count). The summed E-state index contributed by atoms with van der Waals surface area (Å²) in [7, 11) is 0. The van der Waals surface area contributed by atoms with Gasteiger partial charge in [-0.25, -0.2) is 0 Å². The van der Waals surface area contributed by atoms with E-state index in [0.717, 1.165) is 31.7 Å². The van der Waals surface area contributed by atoms with Gasteiger partial charge in [-0.3, -0.25) is 0 Å². The summed E-state index contributed by atoms with van der Waals surface area (Å²) in [6.07, 6.45) is 5.84. The normalized spacial score (nSPS) is 14.5. The van der Waals surface area contributed by atoms with E-state index >= 15 is 0 Å². The molecule has 0 bridgehead atoms. The van der Waals surface area contributed by atoms with E-state index in [1.165, 1.54) is 50.2 Å². The second kappa shape index (κ2) is 13.4. The Morgan fingerprint density at radius 3 is 1.95 bits per heavy atom. The zero-order valence-electron chi connectivity index (χ0n) is 25.2. The molecule has 5 aromatic carbocycles. The number of anilines is 2. The zero-order valence-corrected chi connectivity index (χ0v) is 25.2. The van der Waals surface area contributed by atoms with Crippen molar-refractivity contribution < 1.29 is 0 Å². The smallest absolute Gasteiger partial charge is 0.0429 e. The fourth-order valence-electron chi connectivity index (χ4n) is 5.87. The Labute approximate surface area is 257 Å². The molecular formula is C41H40N2. The van der Waals surface area contributed by atoms with Crippen molar-refractivity contribution >= 4 is 22.5 Å². The summed E-state index contributed by atoms with van der Waals surface area (Å²) in [5, 5.41) is 3.56. The van der Waals surface area contributed by atoms with Crippen LogP contribution >= 0.6 is 0 Å². The average Bonchev–Trinajstić information content (AvgIpc) is 3.07. The lowest BCUT2D eigenvalue weighted by Crippen LogP contribution is -2.21. The molecule has 1 atom stereocenters. The van der Waals surface area contributed by atoms with Gasteiger partial charge in [-0.05, 0) is 83.5 Å². The molecule has 0 saturated carbocycles. The molecule has 0 radical (unpaired) electrons. The van der Waals surface area contributed by atoms with Gasteiger partial charge in [0.25, 0.3) is 0 Å². The fourth-order valence-corrected chi connectivity index (χ4v) is 5.87. The number of rotatable bonds is 10. The number of aryl methyl sites for hydroxylation is 1. The van der Waals surface area contributed by atoms with E-state index in [9.17, 15) is 0 Å². The van der Waals surface area contributed by atoms with Crippen LogP contribution in [0.4, 0.5) is 11.4 Å². The third-order valence-electron chi connectivity index (χ3n) is 8.41. The molecule has 0 spiro atoms. The van der Waals surface area contributed by atoms with Crippen molar-refractivity contribution in [2.75, 3.05) is 16.8 Å². The number of benzene rings is 5. The molecule has 1 N–H and O–H groups in total. The predicted octanol–water partition coefficient (Wildman–Crippen LogP) is 10.3. The van der Waals surface area contributed by atoms with E-state index in [0.29, 0.717) is 5.92 Å². The summed E-state index contributed by atoms with van der Waals surface area (Å²) in [6, 6.07) is 48.4. The highest BCUT2D eigenvalue weighted by Crippen LogP contribution is 2.39. The molecule has 1 aliphatic carbocycles. The molecule has 2 heteroatoms. The van der Waals surface area contributed by atoms with Crippen molar-refractivity contribution in [1.29, 1.82) is 0 Å². The standard InChI is InChI=1S/C41H40N2/c1-3-43(30-33-12-8-5-9-13-33)41-24-20-36(21-25-41)39-27-37(34-16-14-31(2)15-17-34)26-38(28-39)35-18-22-40(23-19-35)42-29-32-10-6-4-7-11-32/h4-26,28,39,42H,3,27,29-30H2,1-2H3. The highest BCUT2D eigenvalue weighted by Gasteiger charge is 2.20. The second-order valence-corrected chi connectivity index (χ2v) is 11.5. The first-order chi connectivity index (χ1) is 21.1. The minimum Gasteiger partial charge on any atom is -0.381 e. The molecule has 0 fully saturated rings. The van der Waals surface area contributed by atoms with E-state index in [4.69, 9.17) is 0 Å². The molecule has 43 heavy (non-hydrogen) atoms. The summed E-state index contributed by atoms with van der Waals surface area (Å²) in [5.41, 5.74) is 12.9. The Hall–Kier alpha value is -4.82. The first-order valence-electron chi connectivity index (χ1n) is 15.4. The van der Waals surface area contributed by atoms with Crippen LogP contribution in [0.15, 0.2) is 146 Å². The van der Waals surface area contributed by atoms with Crippen LogP contribution in [0.25, 0.3) is 11.1 Å². The van der Waals surface area contributed by atoms with Crippen LogP contribution in [0.1, 0.15) is 52.6 Å². The maximum Gasteiger partial charge on any atom is 0.0429 e.